The molecule has 30 heavy (non-hydrogen) atoms. The van der Waals surface area contributed by atoms with E-state index in [9.17, 15) is 14.0 Å². The monoisotopic (exact) mass is 415 g/mol. The smallest absolute Gasteiger partial charge is 0.328 e. The van der Waals surface area contributed by atoms with Gasteiger partial charge in [0.25, 0.3) is 0 Å². The molecule has 1 aromatic heterocycles. The summed E-state index contributed by atoms with van der Waals surface area (Å²) in [5.74, 6) is -1.11. The molecule has 2 heterocycles. The molecule has 3 rings (SSSR count). The molecular formula is C23H26FNO5. The highest BCUT2D eigenvalue weighted by Crippen LogP contribution is 2.31. The Bertz CT molecular complexity index is 928. The molecule has 0 aliphatic carbocycles. The molecule has 7 heteroatoms. The van der Waals surface area contributed by atoms with Gasteiger partial charge in [-0.25, -0.2) is 14.0 Å². The van der Waals surface area contributed by atoms with Crippen LogP contribution in [0.5, 0.6) is 0 Å². The van der Waals surface area contributed by atoms with Crippen LogP contribution in [0, 0.1) is 19.7 Å². The molecule has 0 saturated carbocycles. The lowest BCUT2D eigenvalue weighted by Gasteiger charge is -2.24. The minimum absolute atomic E-state index is 0.229. The number of halogens is 1. The lowest BCUT2D eigenvalue weighted by Crippen LogP contribution is -2.26. The predicted octanol–water partition coefficient (Wildman–Crippen LogP) is 4.52. The summed E-state index contributed by atoms with van der Waals surface area (Å²) < 4.78 is 19.5. The Labute approximate surface area is 174 Å². The van der Waals surface area contributed by atoms with Crippen LogP contribution in [0.25, 0.3) is 17.4 Å². The third kappa shape index (κ3) is 7.00. The number of piperidine rings is 1. The van der Waals surface area contributed by atoms with Crippen LogP contribution in [0.2, 0.25) is 0 Å². The molecule has 2 N–H and O–H groups in total. The van der Waals surface area contributed by atoms with Gasteiger partial charge in [-0.1, -0.05) is 17.7 Å². The fourth-order valence-corrected chi connectivity index (χ4v) is 2.99. The van der Waals surface area contributed by atoms with Crippen molar-refractivity contribution in [2.45, 2.75) is 26.7 Å². The number of likely N-dealkylation sites (tertiary alicyclic amines) is 1. The summed E-state index contributed by atoms with van der Waals surface area (Å²) in [5, 5.41) is 15.6. The summed E-state index contributed by atoms with van der Waals surface area (Å²) in [7, 11) is 2.15. The molecule has 0 unspecified atom stereocenters. The van der Waals surface area contributed by atoms with Crippen molar-refractivity contribution in [1.82, 2.24) is 4.90 Å². The number of hydrogen-bond acceptors (Lipinski definition) is 4. The van der Waals surface area contributed by atoms with E-state index in [0.717, 1.165) is 54.1 Å². The molecule has 0 amide bonds. The molecule has 1 aliphatic heterocycles. The molecule has 6 nitrogen and oxygen atoms in total. The number of nitrogens with zero attached hydrogens (tertiary/aromatic N) is 1. The van der Waals surface area contributed by atoms with Crippen LogP contribution in [0.1, 0.15) is 29.7 Å². The predicted molar refractivity (Wildman–Crippen MR) is 113 cm³/mol. The maximum Gasteiger partial charge on any atom is 0.328 e. The van der Waals surface area contributed by atoms with Gasteiger partial charge in [0.05, 0.1) is 0 Å². The molecular weight excluding hydrogens is 389 g/mol. The number of furan rings is 1. The normalized spacial score (nSPS) is 14.3. The molecule has 2 aromatic rings. The van der Waals surface area contributed by atoms with Crippen molar-refractivity contribution in [2.24, 2.45) is 0 Å². The van der Waals surface area contributed by atoms with Crippen molar-refractivity contribution < 1.29 is 28.6 Å². The first-order valence-corrected chi connectivity index (χ1v) is 9.54. The average molecular weight is 415 g/mol. The molecule has 1 aromatic carbocycles. The number of aliphatic carboxylic acids is 2. The first-order valence-electron chi connectivity index (χ1n) is 9.54. The molecule has 1 aliphatic rings. The third-order valence-electron chi connectivity index (χ3n) is 4.80. The number of rotatable bonds is 4. The van der Waals surface area contributed by atoms with E-state index in [1.54, 1.807) is 6.07 Å². The molecule has 160 valence electrons. The van der Waals surface area contributed by atoms with Gasteiger partial charge in [0.15, 0.2) is 0 Å². The number of carboxylic acid groups (broad SMARTS) is 2. The van der Waals surface area contributed by atoms with Gasteiger partial charge in [-0.05, 0) is 63.1 Å². The van der Waals surface area contributed by atoms with Gasteiger partial charge in [0, 0.05) is 30.8 Å². The van der Waals surface area contributed by atoms with Gasteiger partial charge < -0.3 is 19.5 Å². The van der Waals surface area contributed by atoms with E-state index in [4.69, 9.17) is 14.6 Å². The Balaban J connectivity index is 0.000000343. The van der Waals surface area contributed by atoms with Crippen LogP contribution in [0.3, 0.4) is 0 Å². The van der Waals surface area contributed by atoms with Crippen LogP contribution in [0.15, 0.2) is 46.4 Å². The summed E-state index contributed by atoms with van der Waals surface area (Å²) >= 11 is 0. The lowest BCUT2D eigenvalue weighted by atomic mass is 9.97. The highest BCUT2D eigenvalue weighted by atomic mass is 19.1. The highest BCUT2D eigenvalue weighted by molar-refractivity contribution is 5.89. The maximum absolute atomic E-state index is 13.7. The molecule has 0 spiro atoms. The summed E-state index contributed by atoms with van der Waals surface area (Å²) in [6, 6.07) is 6.93. The zero-order valence-corrected chi connectivity index (χ0v) is 17.3. The second kappa shape index (κ2) is 10.5. The quantitative estimate of drug-likeness (QED) is 0.714. The third-order valence-corrected chi connectivity index (χ3v) is 4.80. The van der Waals surface area contributed by atoms with Crippen molar-refractivity contribution >= 4 is 18.0 Å². The van der Waals surface area contributed by atoms with E-state index in [1.807, 2.05) is 26.0 Å². The van der Waals surface area contributed by atoms with E-state index in [0.29, 0.717) is 12.2 Å². The lowest BCUT2D eigenvalue weighted by molar-refractivity contribution is -0.134. The largest absolute Gasteiger partial charge is 0.478 e. The minimum Gasteiger partial charge on any atom is -0.478 e. The number of aryl methyl sites for hydroxylation is 2. The van der Waals surface area contributed by atoms with E-state index in [1.165, 1.54) is 11.6 Å². The zero-order chi connectivity index (χ0) is 22.3. The van der Waals surface area contributed by atoms with Crippen LogP contribution >= 0.6 is 0 Å². The standard InChI is InChI=1S/C19H22FNO.C4H4O4/c1-13-10-19(22-14(13)2)18-12-17(20)5-4-16(18)11-15-6-8-21(3)9-7-15;5-3(6)1-2-4(7)8/h4-5,10-12H,6-9H2,1-3H3;1-2H,(H,5,6)(H,7,8)/b;2-1-. The van der Waals surface area contributed by atoms with E-state index in [-0.39, 0.29) is 5.82 Å². The number of benzene rings is 1. The molecule has 0 radical (unpaired) electrons. The van der Waals surface area contributed by atoms with Gasteiger partial charge in [0.1, 0.15) is 17.3 Å². The van der Waals surface area contributed by atoms with Crippen LogP contribution in [-0.2, 0) is 9.59 Å². The molecule has 0 atom stereocenters. The Morgan fingerprint density at radius 1 is 1.07 bits per heavy atom. The Morgan fingerprint density at radius 2 is 1.67 bits per heavy atom. The first kappa shape index (κ1) is 23.1. The Hall–Kier alpha value is -3.19. The topological polar surface area (TPSA) is 91.0 Å². The summed E-state index contributed by atoms with van der Waals surface area (Å²) in [5.41, 5.74) is 4.39. The van der Waals surface area contributed by atoms with Crippen LogP contribution in [0.4, 0.5) is 4.39 Å². The SMILES string of the molecule is Cc1cc(-c2cc(F)ccc2C=C2CCN(C)CC2)oc1C.O=C(O)/C=C\C(=O)O. The number of hydrogen-bond donors (Lipinski definition) is 2. The van der Waals surface area contributed by atoms with Crippen molar-refractivity contribution in [3.63, 3.8) is 0 Å². The van der Waals surface area contributed by atoms with Crippen LogP contribution < -0.4 is 0 Å². The van der Waals surface area contributed by atoms with Crippen molar-refractivity contribution in [3.05, 3.63) is 64.7 Å². The van der Waals surface area contributed by atoms with Gasteiger partial charge in [-0.3, -0.25) is 0 Å². The fraction of sp³-hybridized carbons (Fsp3) is 0.304. The van der Waals surface area contributed by atoms with Crippen molar-refractivity contribution in [2.75, 3.05) is 20.1 Å². The second-order valence-corrected chi connectivity index (χ2v) is 7.20. The molecule has 1 fully saturated rings. The maximum atomic E-state index is 13.7. The Morgan fingerprint density at radius 3 is 2.17 bits per heavy atom. The summed E-state index contributed by atoms with van der Waals surface area (Å²) in [4.78, 5) is 21.4. The van der Waals surface area contributed by atoms with Gasteiger partial charge in [-0.2, -0.15) is 0 Å². The molecule has 0 bridgehead atoms. The average Bonchev–Trinajstić information content (AvgIpc) is 3.02. The van der Waals surface area contributed by atoms with E-state index < -0.39 is 11.9 Å². The molecule has 1 saturated heterocycles. The van der Waals surface area contributed by atoms with Crippen molar-refractivity contribution in [1.29, 1.82) is 0 Å². The van der Waals surface area contributed by atoms with Gasteiger partial charge in [-0.15, -0.1) is 0 Å². The number of carbonyl (C=O) groups is 2. The summed E-state index contributed by atoms with van der Waals surface area (Å²) in [6.45, 7) is 6.12. The van der Waals surface area contributed by atoms with Gasteiger partial charge >= 0.3 is 11.9 Å². The van der Waals surface area contributed by atoms with E-state index in [2.05, 4.69) is 18.0 Å². The van der Waals surface area contributed by atoms with Crippen molar-refractivity contribution in [3.8, 4) is 11.3 Å². The minimum atomic E-state index is -1.26. The van der Waals surface area contributed by atoms with E-state index >= 15 is 0 Å². The fourth-order valence-electron chi connectivity index (χ4n) is 2.99. The summed E-state index contributed by atoms with van der Waals surface area (Å²) in [6.07, 6.45) is 5.46. The zero-order valence-electron chi connectivity index (χ0n) is 17.3. The highest BCUT2D eigenvalue weighted by Gasteiger charge is 2.14. The Kier molecular flexibility index (Phi) is 8.12. The second-order valence-electron chi connectivity index (χ2n) is 7.20. The number of carboxylic acids is 2. The van der Waals surface area contributed by atoms with Crippen LogP contribution in [-0.4, -0.2) is 47.2 Å². The van der Waals surface area contributed by atoms with Gasteiger partial charge in [0.2, 0.25) is 0 Å². The first-order chi connectivity index (χ1) is 14.2.